The summed E-state index contributed by atoms with van der Waals surface area (Å²) in [6.45, 7) is 0.194. The van der Waals surface area contributed by atoms with Crippen molar-refractivity contribution in [3.8, 4) is 11.4 Å². The standard InChI is InChI=1S/C24H21ClN6O2/c1-27-21-5-3-16-2-4-18(9-20(16)30-21)33-12-15-6-14(11-32)7-17(8-15)31-10-19(25)22-23(26)28-13-29-24(22)31/h2-10,13,32H,11-12H2,1H3,(H,27,30)(H2,26,28,29). The van der Waals surface area contributed by atoms with Gasteiger partial charge in [0.1, 0.15) is 30.3 Å². The molecule has 8 nitrogen and oxygen atoms in total. The Balaban J connectivity index is 1.47. The van der Waals surface area contributed by atoms with E-state index in [1.54, 1.807) is 6.20 Å². The lowest BCUT2D eigenvalue weighted by atomic mass is 10.1. The van der Waals surface area contributed by atoms with Crippen molar-refractivity contribution in [1.29, 1.82) is 0 Å². The molecule has 0 aliphatic heterocycles. The van der Waals surface area contributed by atoms with Gasteiger partial charge in [-0.2, -0.15) is 0 Å². The Morgan fingerprint density at radius 2 is 1.91 bits per heavy atom. The quantitative estimate of drug-likeness (QED) is 0.346. The third kappa shape index (κ3) is 4.02. The zero-order valence-electron chi connectivity index (χ0n) is 17.8. The third-order valence-electron chi connectivity index (χ3n) is 5.39. The van der Waals surface area contributed by atoms with Crippen LogP contribution in [0.2, 0.25) is 5.02 Å². The normalized spacial score (nSPS) is 11.2. The van der Waals surface area contributed by atoms with Gasteiger partial charge in [0.2, 0.25) is 0 Å². The number of nitrogens with zero attached hydrogens (tertiary/aromatic N) is 4. The van der Waals surface area contributed by atoms with E-state index in [1.165, 1.54) is 6.33 Å². The van der Waals surface area contributed by atoms with Crippen molar-refractivity contribution in [2.24, 2.45) is 0 Å². The molecule has 5 aromatic rings. The van der Waals surface area contributed by atoms with Gasteiger partial charge in [-0.25, -0.2) is 15.0 Å². The van der Waals surface area contributed by atoms with Crippen LogP contribution in [0.3, 0.4) is 0 Å². The monoisotopic (exact) mass is 460 g/mol. The fourth-order valence-electron chi connectivity index (χ4n) is 3.79. The molecule has 0 radical (unpaired) electrons. The molecule has 0 unspecified atom stereocenters. The maximum Gasteiger partial charge on any atom is 0.151 e. The number of hydrogen-bond acceptors (Lipinski definition) is 7. The van der Waals surface area contributed by atoms with Crippen LogP contribution in [-0.4, -0.2) is 31.7 Å². The molecule has 0 bridgehead atoms. The molecule has 3 aromatic heterocycles. The van der Waals surface area contributed by atoms with E-state index in [1.807, 2.05) is 60.1 Å². The van der Waals surface area contributed by atoms with Crippen molar-refractivity contribution in [3.05, 3.63) is 77.2 Å². The summed E-state index contributed by atoms with van der Waals surface area (Å²) in [7, 11) is 1.84. The minimum atomic E-state index is -0.114. The highest BCUT2D eigenvalue weighted by molar-refractivity contribution is 6.36. The molecule has 0 saturated heterocycles. The number of pyridine rings is 1. The Kier molecular flexibility index (Phi) is 5.45. The number of hydrogen-bond donors (Lipinski definition) is 3. The SMILES string of the molecule is CNc1ccc2ccc(OCc3cc(CO)cc(-n4cc(Cl)c5c(N)ncnc54)c3)cc2n1. The molecule has 0 atom stereocenters. The number of benzene rings is 2. The lowest BCUT2D eigenvalue weighted by Gasteiger charge is -2.12. The highest BCUT2D eigenvalue weighted by Crippen LogP contribution is 2.31. The van der Waals surface area contributed by atoms with E-state index in [0.717, 1.165) is 33.5 Å². The molecule has 5 rings (SSSR count). The van der Waals surface area contributed by atoms with Crippen molar-refractivity contribution in [1.82, 2.24) is 19.5 Å². The molecule has 9 heteroatoms. The summed E-state index contributed by atoms with van der Waals surface area (Å²) < 4.78 is 7.88. The van der Waals surface area contributed by atoms with Gasteiger partial charge >= 0.3 is 0 Å². The van der Waals surface area contributed by atoms with Gasteiger partial charge in [0.05, 0.1) is 22.5 Å². The van der Waals surface area contributed by atoms with E-state index in [4.69, 9.17) is 22.1 Å². The predicted molar refractivity (Wildman–Crippen MR) is 130 cm³/mol. The first-order valence-corrected chi connectivity index (χ1v) is 10.7. The molecule has 4 N–H and O–H groups in total. The van der Waals surface area contributed by atoms with Gasteiger partial charge in [-0.15, -0.1) is 0 Å². The number of nitrogens with two attached hydrogens (primary N) is 1. The number of aliphatic hydroxyl groups is 1. The zero-order chi connectivity index (χ0) is 22.9. The number of nitrogen functional groups attached to an aromatic ring is 1. The van der Waals surface area contributed by atoms with Crippen LogP contribution < -0.4 is 15.8 Å². The van der Waals surface area contributed by atoms with E-state index >= 15 is 0 Å². The number of aromatic nitrogens is 4. The second kappa shape index (κ2) is 8.57. The first-order chi connectivity index (χ1) is 16.1. The van der Waals surface area contributed by atoms with Crippen LogP contribution in [0.1, 0.15) is 11.1 Å². The Morgan fingerprint density at radius 3 is 2.73 bits per heavy atom. The largest absolute Gasteiger partial charge is 0.489 e. The molecule has 3 heterocycles. The van der Waals surface area contributed by atoms with Crippen LogP contribution in [0.25, 0.3) is 27.6 Å². The van der Waals surface area contributed by atoms with Gasteiger partial charge in [0.15, 0.2) is 5.65 Å². The van der Waals surface area contributed by atoms with Gasteiger partial charge in [0, 0.05) is 30.4 Å². The topological polar surface area (TPSA) is 111 Å². The molecule has 0 saturated carbocycles. The predicted octanol–water partition coefficient (Wildman–Crippen LogP) is 4.32. The number of halogens is 1. The van der Waals surface area contributed by atoms with Crippen LogP contribution in [0.15, 0.2) is 61.1 Å². The van der Waals surface area contributed by atoms with Crippen LogP contribution in [0, 0.1) is 0 Å². The smallest absolute Gasteiger partial charge is 0.151 e. The second-order valence-corrected chi connectivity index (χ2v) is 7.97. The summed E-state index contributed by atoms with van der Waals surface area (Å²) in [5, 5.41) is 14.9. The molecule has 0 fully saturated rings. The summed E-state index contributed by atoms with van der Waals surface area (Å²) in [5.41, 5.74) is 9.83. The number of aliphatic hydroxyl groups excluding tert-OH is 1. The van der Waals surface area contributed by atoms with E-state index in [9.17, 15) is 5.11 Å². The Hall–Kier alpha value is -3.88. The maximum absolute atomic E-state index is 9.81. The minimum Gasteiger partial charge on any atom is -0.489 e. The highest BCUT2D eigenvalue weighted by Gasteiger charge is 2.14. The molecule has 166 valence electrons. The van der Waals surface area contributed by atoms with Gasteiger partial charge in [0.25, 0.3) is 0 Å². The average Bonchev–Trinajstić information content (AvgIpc) is 3.19. The summed E-state index contributed by atoms with van der Waals surface area (Å²) in [6, 6.07) is 15.5. The number of rotatable bonds is 6. The highest BCUT2D eigenvalue weighted by atomic mass is 35.5. The minimum absolute atomic E-state index is 0.114. The van der Waals surface area contributed by atoms with E-state index in [-0.39, 0.29) is 6.61 Å². The third-order valence-corrected chi connectivity index (χ3v) is 5.68. The van der Waals surface area contributed by atoms with Crippen molar-refractivity contribution >= 4 is 45.2 Å². The number of nitrogens with one attached hydrogen (secondary N) is 1. The van der Waals surface area contributed by atoms with Gasteiger partial charge in [-0.05, 0) is 53.6 Å². The fraction of sp³-hybridized carbons (Fsp3) is 0.125. The Bertz CT molecular complexity index is 1480. The van der Waals surface area contributed by atoms with Crippen LogP contribution >= 0.6 is 11.6 Å². The lowest BCUT2D eigenvalue weighted by molar-refractivity contribution is 0.280. The molecule has 33 heavy (non-hydrogen) atoms. The van der Waals surface area contributed by atoms with E-state index < -0.39 is 0 Å². The zero-order valence-corrected chi connectivity index (χ0v) is 18.5. The molecule has 2 aromatic carbocycles. The lowest BCUT2D eigenvalue weighted by Crippen LogP contribution is -2.02. The van der Waals surface area contributed by atoms with Crippen molar-refractivity contribution in [2.45, 2.75) is 13.2 Å². The van der Waals surface area contributed by atoms with E-state index in [2.05, 4.69) is 20.3 Å². The summed E-state index contributed by atoms with van der Waals surface area (Å²) >= 11 is 6.39. The van der Waals surface area contributed by atoms with Crippen LogP contribution in [0.4, 0.5) is 11.6 Å². The van der Waals surface area contributed by atoms with Crippen molar-refractivity contribution in [3.63, 3.8) is 0 Å². The maximum atomic E-state index is 9.81. The van der Waals surface area contributed by atoms with Gasteiger partial charge < -0.3 is 20.9 Å². The van der Waals surface area contributed by atoms with Gasteiger partial charge in [-0.1, -0.05) is 11.6 Å². The molecule has 0 aliphatic carbocycles. The summed E-state index contributed by atoms with van der Waals surface area (Å²) in [5.74, 6) is 1.81. The summed E-state index contributed by atoms with van der Waals surface area (Å²) in [4.78, 5) is 12.9. The molecule has 0 aliphatic rings. The molecule has 0 amide bonds. The number of fused-ring (bicyclic) bond motifs is 2. The van der Waals surface area contributed by atoms with E-state index in [0.29, 0.717) is 34.2 Å². The number of ether oxygens (including phenoxy) is 1. The van der Waals surface area contributed by atoms with Crippen LogP contribution in [-0.2, 0) is 13.2 Å². The average molecular weight is 461 g/mol. The number of anilines is 2. The molecule has 0 spiro atoms. The molecular weight excluding hydrogens is 440 g/mol. The Morgan fingerprint density at radius 1 is 1.09 bits per heavy atom. The van der Waals surface area contributed by atoms with Crippen molar-refractivity contribution in [2.75, 3.05) is 18.1 Å². The first-order valence-electron chi connectivity index (χ1n) is 10.3. The van der Waals surface area contributed by atoms with Crippen LogP contribution in [0.5, 0.6) is 5.75 Å². The Labute approximate surface area is 194 Å². The van der Waals surface area contributed by atoms with Gasteiger partial charge in [-0.3, -0.25) is 4.57 Å². The second-order valence-electron chi connectivity index (χ2n) is 7.56. The summed E-state index contributed by atoms with van der Waals surface area (Å²) in [6.07, 6.45) is 3.14. The fourth-order valence-corrected chi connectivity index (χ4v) is 4.07. The van der Waals surface area contributed by atoms with Crippen molar-refractivity contribution < 1.29 is 9.84 Å². The molecular formula is C24H21ClN6O2. The first kappa shape index (κ1) is 21.0.